The lowest BCUT2D eigenvalue weighted by atomic mass is 10.3. The molecule has 0 spiro atoms. The molecule has 0 unspecified atom stereocenters. The van der Waals surface area contributed by atoms with Crippen LogP contribution in [0.3, 0.4) is 0 Å². The van der Waals surface area contributed by atoms with Crippen molar-refractivity contribution in [2.75, 3.05) is 25.6 Å². The minimum Gasteiger partial charge on any atom is -0.385 e. The number of halogens is 2. The Balaban J connectivity index is 2.61. The zero-order valence-corrected chi connectivity index (χ0v) is 11.6. The van der Waals surface area contributed by atoms with Crippen LogP contribution in [0.1, 0.15) is 6.42 Å². The molecule has 0 aromatic heterocycles. The number of guanidine groups is 1. The van der Waals surface area contributed by atoms with E-state index in [1.807, 2.05) is 0 Å². The molecule has 0 amide bonds. The van der Waals surface area contributed by atoms with Gasteiger partial charge in [0.25, 0.3) is 0 Å². The molecule has 0 bridgehead atoms. The highest BCUT2D eigenvalue weighted by atomic mass is 79.9. The molecule has 4 N–H and O–H groups in total. The molecule has 18 heavy (non-hydrogen) atoms. The van der Waals surface area contributed by atoms with Crippen LogP contribution in [-0.4, -0.2) is 26.2 Å². The highest BCUT2D eigenvalue weighted by Gasteiger charge is 2.03. The monoisotopic (exact) mass is 318 g/mol. The number of rotatable bonds is 5. The second-order valence-corrected chi connectivity index (χ2v) is 4.32. The van der Waals surface area contributed by atoms with Gasteiger partial charge in [0.2, 0.25) is 5.96 Å². The summed E-state index contributed by atoms with van der Waals surface area (Å²) in [5.74, 6) is 5.45. The van der Waals surface area contributed by atoms with Crippen LogP contribution in [0.25, 0.3) is 0 Å². The standard InChI is InChI=1S/C11H16BrFN4O/c1-18-6-2-5-15-11(17-14)16-10-4-3-8(13)7-9(10)12/h3-4,7H,2,5-6,14H2,1H3,(H2,15,16,17). The molecule has 0 radical (unpaired) electrons. The summed E-state index contributed by atoms with van der Waals surface area (Å²) >= 11 is 3.25. The van der Waals surface area contributed by atoms with E-state index in [9.17, 15) is 4.39 Å². The molecule has 7 heteroatoms. The highest BCUT2D eigenvalue weighted by molar-refractivity contribution is 9.10. The fourth-order valence-electron chi connectivity index (χ4n) is 1.24. The first-order valence-electron chi connectivity index (χ1n) is 5.39. The molecule has 1 aromatic carbocycles. The van der Waals surface area contributed by atoms with Crippen LogP contribution in [0.2, 0.25) is 0 Å². The average Bonchev–Trinajstić information content (AvgIpc) is 2.35. The molecule has 100 valence electrons. The van der Waals surface area contributed by atoms with Crippen molar-refractivity contribution in [2.24, 2.45) is 10.8 Å². The lowest BCUT2D eigenvalue weighted by molar-refractivity contribution is 0.197. The summed E-state index contributed by atoms with van der Waals surface area (Å²) in [4.78, 5) is 4.21. The Kier molecular flexibility index (Phi) is 6.63. The molecule has 0 aliphatic carbocycles. The summed E-state index contributed by atoms with van der Waals surface area (Å²) in [6.07, 6.45) is 0.800. The minimum atomic E-state index is -0.313. The van der Waals surface area contributed by atoms with Gasteiger partial charge in [0, 0.05) is 24.7 Å². The number of hydrogen-bond acceptors (Lipinski definition) is 3. The van der Waals surface area contributed by atoms with Crippen molar-refractivity contribution < 1.29 is 9.13 Å². The first-order valence-corrected chi connectivity index (χ1v) is 6.18. The van der Waals surface area contributed by atoms with Crippen LogP contribution < -0.4 is 16.6 Å². The van der Waals surface area contributed by atoms with Gasteiger partial charge in [0.1, 0.15) is 5.82 Å². The normalized spacial score (nSPS) is 11.4. The Morgan fingerprint density at radius 1 is 1.56 bits per heavy atom. The van der Waals surface area contributed by atoms with Crippen molar-refractivity contribution in [1.82, 2.24) is 5.43 Å². The number of nitrogens with zero attached hydrogens (tertiary/aromatic N) is 1. The Labute approximate surface area is 114 Å². The first kappa shape index (κ1) is 14.9. The van der Waals surface area contributed by atoms with Crippen molar-refractivity contribution >= 4 is 27.6 Å². The summed E-state index contributed by atoms with van der Waals surface area (Å²) in [5, 5.41) is 2.96. The number of anilines is 1. The van der Waals surface area contributed by atoms with Crippen molar-refractivity contribution in [2.45, 2.75) is 6.42 Å². The van der Waals surface area contributed by atoms with E-state index in [0.717, 1.165) is 6.42 Å². The molecule has 0 saturated heterocycles. The first-order chi connectivity index (χ1) is 8.67. The van der Waals surface area contributed by atoms with Crippen molar-refractivity contribution in [1.29, 1.82) is 0 Å². The predicted molar refractivity (Wildman–Crippen MR) is 73.8 cm³/mol. The smallest absolute Gasteiger partial charge is 0.210 e. The van der Waals surface area contributed by atoms with Crippen LogP contribution in [0.4, 0.5) is 10.1 Å². The van der Waals surface area contributed by atoms with Gasteiger partial charge in [-0.25, -0.2) is 10.2 Å². The van der Waals surface area contributed by atoms with Crippen LogP contribution in [0, 0.1) is 5.82 Å². The van der Waals surface area contributed by atoms with Crippen molar-refractivity contribution in [3.63, 3.8) is 0 Å². The van der Waals surface area contributed by atoms with Gasteiger partial charge >= 0.3 is 0 Å². The van der Waals surface area contributed by atoms with Gasteiger partial charge in [-0.05, 0) is 40.5 Å². The number of hydrogen-bond donors (Lipinski definition) is 3. The third-order valence-corrected chi connectivity index (χ3v) is 2.75. The summed E-state index contributed by atoms with van der Waals surface area (Å²) in [7, 11) is 1.64. The Bertz CT molecular complexity index is 414. The van der Waals surface area contributed by atoms with Gasteiger partial charge in [0.05, 0.1) is 5.69 Å². The summed E-state index contributed by atoms with van der Waals surface area (Å²) in [6.45, 7) is 1.22. The molecular weight excluding hydrogens is 303 g/mol. The maximum Gasteiger partial charge on any atom is 0.210 e. The molecular formula is C11H16BrFN4O. The SMILES string of the molecule is COCCCN=C(NN)Nc1ccc(F)cc1Br. The number of hydrazine groups is 1. The number of methoxy groups -OCH3 is 1. The topological polar surface area (TPSA) is 71.7 Å². The van der Waals surface area contributed by atoms with Crippen LogP contribution in [0.5, 0.6) is 0 Å². The van der Waals surface area contributed by atoms with Gasteiger partial charge in [-0.3, -0.25) is 10.4 Å². The van der Waals surface area contributed by atoms with E-state index in [1.165, 1.54) is 12.1 Å². The molecule has 0 heterocycles. The van der Waals surface area contributed by atoms with Crippen LogP contribution in [0.15, 0.2) is 27.7 Å². The lowest BCUT2D eigenvalue weighted by Gasteiger charge is -2.10. The predicted octanol–water partition coefficient (Wildman–Crippen LogP) is 1.86. The zero-order chi connectivity index (χ0) is 13.4. The van der Waals surface area contributed by atoms with E-state index in [-0.39, 0.29) is 5.82 Å². The molecule has 0 saturated carbocycles. The maximum atomic E-state index is 12.9. The lowest BCUT2D eigenvalue weighted by Crippen LogP contribution is -2.36. The van der Waals surface area contributed by atoms with Crippen LogP contribution >= 0.6 is 15.9 Å². The van der Waals surface area contributed by atoms with Gasteiger partial charge in [-0.15, -0.1) is 0 Å². The van der Waals surface area contributed by atoms with Gasteiger partial charge < -0.3 is 10.1 Å². The molecule has 1 rings (SSSR count). The third kappa shape index (κ3) is 4.99. The molecule has 0 aliphatic heterocycles. The zero-order valence-electron chi connectivity index (χ0n) is 10.0. The maximum absolute atomic E-state index is 12.9. The minimum absolute atomic E-state index is 0.313. The fourth-order valence-corrected chi connectivity index (χ4v) is 1.69. The second kappa shape index (κ2) is 8.02. The Morgan fingerprint density at radius 2 is 2.33 bits per heavy atom. The van der Waals surface area contributed by atoms with Gasteiger partial charge in [0.15, 0.2) is 0 Å². The van der Waals surface area contributed by atoms with E-state index in [0.29, 0.717) is 29.3 Å². The molecule has 5 nitrogen and oxygen atoms in total. The number of benzene rings is 1. The fraction of sp³-hybridized carbons (Fsp3) is 0.364. The van der Waals surface area contributed by atoms with Gasteiger partial charge in [-0.1, -0.05) is 0 Å². The van der Waals surface area contributed by atoms with E-state index in [1.54, 1.807) is 13.2 Å². The summed E-state index contributed by atoms with van der Waals surface area (Å²) < 4.78 is 18.4. The van der Waals surface area contributed by atoms with Crippen molar-refractivity contribution in [3.05, 3.63) is 28.5 Å². The number of nitrogens with one attached hydrogen (secondary N) is 2. The Morgan fingerprint density at radius 3 is 2.94 bits per heavy atom. The van der Waals surface area contributed by atoms with E-state index >= 15 is 0 Å². The number of nitrogens with two attached hydrogens (primary N) is 1. The Hall–Kier alpha value is -1.18. The molecule has 0 fully saturated rings. The quantitative estimate of drug-likeness (QED) is 0.255. The van der Waals surface area contributed by atoms with Crippen LogP contribution in [-0.2, 0) is 4.74 Å². The third-order valence-electron chi connectivity index (χ3n) is 2.10. The van der Waals surface area contributed by atoms with E-state index in [2.05, 4.69) is 31.7 Å². The summed E-state index contributed by atoms with van der Waals surface area (Å²) in [5.41, 5.74) is 3.13. The number of ether oxygens (including phenoxy) is 1. The second-order valence-electron chi connectivity index (χ2n) is 3.47. The summed E-state index contributed by atoms with van der Waals surface area (Å²) in [6, 6.07) is 4.31. The largest absolute Gasteiger partial charge is 0.385 e. The molecule has 0 aliphatic rings. The number of aliphatic imine (C=N–C) groups is 1. The molecule has 1 aromatic rings. The van der Waals surface area contributed by atoms with Crippen molar-refractivity contribution in [3.8, 4) is 0 Å². The molecule has 0 atom stereocenters. The van der Waals surface area contributed by atoms with E-state index < -0.39 is 0 Å². The highest BCUT2D eigenvalue weighted by Crippen LogP contribution is 2.22. The van der Waals surface area contributed by atoms with Gasteiger partial charge in [-0.2, -0.15) is 0 Å². The average molecular weight is 319 g/mol. The van der Waals surface area contributed by atoms with E-state index in [4.69, 9.17) is 10.6 Å².